The number of rotatable bonds is 3. The summed E-state index contributed by atoms with van der Waals surface area (Å²) < 4.78 is 0. The van der Waals surface area contributed by atoms with Gasteiger partial charge in [0.15, 0.2) is 0 Å². The highest BCUT2D eigenvalue weighted by Crippen LogP contribution is 2.25. The van der Waals surface area contributed by atoms with Crippen molar-refractivity contribution in [3.63, 3.8) is 0 Å². The maximum Gasteiger partial charge on any atom is 0.0314 e. The van der Waals surface area contributed by atoms with Crippen molar-refractivity contribution in [2.24, 2.45) is 5.22 Å². The predicted molar refractivity (Wildman–Crippen MR) is 65.2 cm³/mol. The Kier molecular flexibility index (Phi) is 2.82. The van der Waals surface area contributed by atoms with Crippen molar-refractivity contribution in [1.82, 2.24) is 0 Å². The normalized spacial score (nSPS) is 9.75. The van der Waals surface area contributed by atoms with E-state index >= 15 is 0 Å². The second-order valence-electron chi connectivity index (χ2n) is 3.33. The Balaban J connectivity index is 2.37. The predicted octanol–water partition coefficient (Wildman–Crippen LogP) is 3.34. The topological polar surface area (TPSA) is 63.9 Å². The molecular formula is C12H11N4-. The van der Waals surface area contributed by atoms with E-state index in [-0.39, 0.29) is 0 Å². The van der Waals surface area contributed by atoms with E-state index in [0.717, 1.165) is 11.4 Å². The third-order valence-electron chi connectivity index (χ3n) is 2.23. The summed E-state index contributed by atoms with van der Waals surface area (Å²) in [7, 11) is 0. The van der Waals surface area contributed by atoms with Gasteiger partial charge in [0.25, 0.3) is 0 Å². The van der Waals surface area contributed by atoms with Gasteiger partial charge >= 0.3 is 0 Å². The second kappa shape index (κ2) is 4.44. The molecule has 0 atom stereocenters. The first-order valence-corrected chi connectivity index (χ1v) is 4.87. The average molecular weight is 211 g/mol. The molecule has 0 saturated carbocycles. The third-order valence-corrected chi connectivity index (χ3v) is 2.23. The number of hydrogen-bond acceptors (Lipinski definition) is 2. The number of para-hydroxylation sites is 1. The van der Waals surface area contributed by atoms with Crippen molar-refractivity contribution in [3.05, 3.63) is 60.1 Å². The maximum atomic E-state index is 9.02. The van der Waals surface area contributed by atoms with E-state index in [2.05, 4.69) is 5.22 Å². The number of nitrogen functional groups attached to an aromatic ring is 1. The number of anilines is 3. The van der Waals surface area contributed by atoms with Crippen molar-refractivity contribution in [2.75, 3.05) is 10.7 Å². The van der Waals surface area contributed by atoms with Crippen molar-refractivity contribution in [1.29, 1.82) is 0 Å². The Bertz CT molecular complexity index is 464. The zero-order valence-electron chi connectivity index (χ0n) is 8.62. The molecule has 0 amide bonds. The van der Waals surface area contributed by atoms with E-state index < -0.39 is 0 Å². The molecule has 0 bridgehead atoms. The highest BCUT2D eigenvalue weighted by atomic mass is 15.5. The van der Waals surface area contributed by atoms with E-state index in [4.69, 9.17) is 11.3 Å². The summed E-state index contributed by atoms with van der Waals surface area (Å²) in [5.74, 6) is 0. The van der Waals surface area contributed by atoms with E-state index in [1.165, 1.54) is 5.01 Å². The molecule has 0 spiro atoms. The molecule has 80 valence electrons. The summed E-state index contributed by atoms with van der Waals surface area (Å²) in [6, 6.07) is 16.5. The van der Waals surface area contributed by atoms with E-state index in [9.17, 15) is 0 Å². The van der Waals surface area contributed by atoms with Gasteiger partial charge in [-0.15, -0.1) is 0 Å². The highest BCUT2D eigenvalue weighted by molar-refractivity contribution is 5.63. The summed E-state index contributed by atoms with van der Waals surface area (Å²) >= 11 is 0. The van der Waals surface area contributed by atoms with E-state index in [1.54, 1.807) is 24.3 Å². The molecule has 2 rings (SSSR count). The fourth-order valence-corrected chi connectivity index (χ4v) is 1.44. The zero-order chi connectivity index (χ0) is 11.4. The minimum Gasteiger partial charge on any atom is -0.399 e. The first kappa shape index (κ1) is 10.2. The van der Waals surface area contributed by atoms with Crippen LogP contribution in [0.1, 0.15) is 0 Å². The van der Waals surface area contributed by atoms with Crippen LogP contribution in [0.5, 0.6) is 0 Å². The summed E-state index contributed by atoms with van der Waals surface area (Å²) in [6.45, 7) is 0. The molecule has 4 heteroatoms. The van der Waals surface area contributed by atoms with Crippen molar-refractivity contribution in [3.8, 4) is 0 Å². The first-order chi connectivity index (χ1) is 7.81. The molecule has 0 aliphatic carbocycles. The van der Waals surface area contributed by atoms with Crippen LogP contribution in [-0.4, -0.2) is 0 Å². The van der Waals surface area contributed by atoms with E-state index in [0.29, 0.717) is 5.69 Å². The lowest BCUT2D eigenvalue weighted by Gasteiger charge is -2.26. The standard InChI is InChI=1S/C12H11N4/c13-10-6-8-12(9-7-10)16(15-14)11-4-2-1-3-5-11/h1-9H,13H2/q-1. The molecule has 0 radical (unpaired) electrons. The minimum absolute atomic E-state index is 0.676. The molecular weight excluding hydrogens is 200 g/mol. The molecule has 2 aromatic carbocycles. The number of benzene rings is 2. The Morgan fingerprint density at radius 3 is 2.00 bits per heavy atom. The smallest absolute Gasteiger partial charge is 0.0314 e. The monoisotopic (exact) mass is 211 g/mol. The van der Waals surface area contributed by atoms with Crippen molar-refractivity contribution >= 4 is 17.1 Å². The molecule has 0 unspecified atom stereocenters. The molecule has 4 nitrogen and oxygen atoms in total. The molecule has 0 fully saturated rings. The number of nitrogens with zero attached hydrogens (tertiary/aromatic N) is 3. The minimum atomic E-state index is 0.676. The molecule has 2 aromatic rings. The third kappa shape index (κ3) is 2.00. The zero-order valence-corrected chi connectivity index (χ0v) is 8.62. The van der Waals surface area contributed by atoms with Gasteiger partial charge in [0.2, 0.25) is 0 Å². The highest BCUT2D eigenvalue weighted by Gasteiger charge is 1.98. The van der Waals surface area contributed by atoms with Crippen LogP contribution in [0.25, 0.3) is 5.53 Å². The second-order valence-corrected chi connectivity index (χ2v) is 3.33. The Morgan fingerprint density at radius 1 is 0.875 bits per heavy atom. The lowest BCUT2D eigenvalue weighted by molar-refractivity contribution is 1.07. The van der Waals surface area contributed by atoms with Crippen LogP contribution in [0.4, 0.5) is 17.1 Å². The van der Waals surface area contributed by atoms with Crippen LogP contribution in [0.2, 0.25) is 0 Å². The summed E-state index contributed by atoms with van der Waals surface area (Å²) in [6.07, 6.45) is 0. The van der Waals surface area contributed by atoms with Crippen LogP contribution in [0.3, 0.4) is 0 Å². The molecule has 0 aromatic heterocycles. The van der Waals surface area contributed by atoms with Gasteiger partial charge in [-0.25, -0.2) is 0 Å². The lowest BCUT2D eigenvalue weighted by atomic mass is 10.2. The molecule has 0 aliphatic rings. The SMILES string of the molecule is [N-]=NN(c1ccccc1)c1ccc(N)cc1. The quantitative estimate of drug-likeness (QED) is 0.480. The van der Waals surface area contributed by atoms with Gasteiger partial charge < -0.3 is 16.3 Å². The summed E-state index contributed by atoms with van der Waals surface area (Å²) in [4.78, 5) is 0. The maximum absolute atomic E-state index is 9.02. The fourth-order valence-electron chi connectivity index (χ4n) is 1.44. The summed E-state index contributed by atoms with van der Waals surface area (Å²) in [5.41, 5.74) is 16.8. The van der Waals surface area contributed by atoms with Crippen LogP contribution in [-0.2, 0) is 0 Å². The van der Waals surface area contributed by atoms with Gasteiger partial charge in [0.05, 0.1) is 0 Å². The van der Waals surface area contributed by atoms with Crippen molar-refractivity contribution < 1.29 is 0 Å². The molecule has 0 saturated heterocycles. The molecule has 2 N–H and O–H groups in total. The van der Waals surface area contributed by atoms with Crippen LogP contribution in [0.15, 0.2) is 59.8 Å². The van der Waals surface area contributed by atoms with Gasteiger partial charge in [0, 0.05) is 5.69 Å². The van der Waals surface area contributed by atoms with Crippen LogP contribution < -0.4 is 10.7 Å². The Hall–Kier alpha value is -2.36. The Labute approximate surface area is 93.8 Å². The van der Waals surface area contributed by atoms with Gasteiger partial charge in [-0.3, -0.25) is 5.22 Å². The Morgan fingerprint density at radius 2 is 1.44 bits per heavy atom. The molecule has 0 heterocycles. The van der Waals surface area contributed by atoms with Crippen molar-refractivity contribution in [2.45, 2.75) is 0 Å². The van der Waals surface area contributed by atoms with Gasteiger partial charge in [-0.2, -0.15) is 0 Å². The number of nitrogens with two attached hydrogens (primary N) is 1. The average Bonchev–Trinajstić information content (AvgIpc) is 2.34. The van der Waals surface area contributed by atoms with E-state index in [1.807, 2.05) is 30.3 Å². The molecule has 16 heavy (non-hydrogen) atoms. The summed E-state index contributed by atoms with van der Waals surface area (Å²) in [5, 5.41) is 4.68. The van der Waals surface area contributed by atoms with Gasteiger partial charge in [0.1, 0.15) is 0 Å². The van der Waals surface area contributed by atoms with Crippen LogP contribution >= 0.6 is 0 Å². The fraction of sp³-hybridized carbons (Fsp3) is 0. The largest absolute Gasteiger partial charge is 0.399 e. The number of hydrogen-bond donors (Lipinski definition) is 1. The van der Waals surface area contributed by atoms with Gasteiger partial charge in [-0.1, -0.05) is 42.5 Å². The lowest BCUT2D eigenvalue weighted by Crippen LogP contribution is -2.06. The van der Waals surface area contributed by atoms with Crippen LogP contribution in [0, 0.1) is 0 Å². The van der Waals surface area contributed by atoms with Gasteiger partial charge in [-0.05, 0) is 23.5 Å². The first-order valence-electron chi connectivity index (χ1n) is 4.87. The molecule has 0 aliphatic heterocycles.